The van der Waals surface area contributed by atoms with Crippen LogP contribution in [0.25, 0.3) is 11.3 Å². The van der Waals surface area contributed by atoms with Crippen LogP contribution in [0.4, 0.5) is 4.39 Å². The molecule has 0 bridgehead atoms. The zero-order chi connectivity index (χ0) is 15.6. The fourth-order valence-electron chi connectivity index (χ4n) is 2.54. The molecular weight excluding hydrogens is 265 g/mol. The highest BCUT2D eigenvalue weighted by atomic mass is 19.1. The molecule has 0 aliphatic rings. The highest BCUT2D eigenvalue weighted by Crippen LogP contribution is 2.30. The van der Waals surface area contributed by atoms with Crippen molar-refractivity contribution in [3.05, 3.63) is 35.5 Å². The molecule has 0 aromatic carbocycles. The smallest absolute Gasteiger partial charge is 0.222 e. The Hall–Kier alpha value is -1.71. The van der Waals surface area contributed by atoms with E-state index in [0.717, 1.165) is 29.9 Å². The van der Waals surface area contributed by atoms with Crippen LogP contribution in [-0.4, -0.2) is 14.8 Å². The minimum absolute atomic E-state index is 0.301. The first kappa shape index (κ1) is 15.7. The summed E-state index contributed by atoms with van der Waals surface area (Å²) >= 11 is 0. The molecule has 0 radical (unpaired) electrons. The third-order valence-electron chi connectivity index (χ3n) is 3.57. The first-order valence-electron chi connectivity index (χ1n) is 7.65. The summed E-state index contributed by atoms with van der Waals surface area (Å²) in [6.07, 6.45) is 2.63. The number of rotatable bonds is 5. The summed E-state index contributed by atoms with van der Waals surface area (Å²) in [6, 6.07) is 3.77. The van der Waals surface area contributed by atoms with Gasteiger partial charge in [0.15, 0.2) is 0 Å². The van der Waals surface area contributed by atoms with E-state index < -0.39 is 5.95 Å². The number of halogens is 1. The van der Waals surface area contributed by atoms with E-state index in [-0.39, 0.29) is 0 Å². The third-order valence-corrected chi connectivity index (χ3v) is 3.57. The highest BCUT2D eigenvalue weighted by molar-refractivity contribution is 5.64. The van der Waals surface area contributed by atoms with Gasteiger partial charge in [-0.15, -0.1) is 0 Å². The van der Waals surface area contributed by atoms with Gasteiger partial charge in [-0.2, -0.15) is 9.49 Å². The van der Waals surface area contributed by atoms with Crippen LogP contribution in [0.2, 0.25) is 0 Å². The zero-order valence-electron chi connectivity index (χ0n) is 13.5. The van der Waals surface area contributed by atoms with Crippen molar-refractivity contribution in [2.24, 2.45) is 5.92 Å². The van der Waals surface area contributed by atoms with Crippen LogP contribution in [0.5, 0.6) is 0 Å². The molecule has 4 heteroatoms. The Morgan fingerprint density at radius 1 is 1.19 bits per heavy atom. The molecule has 2 heterocycles. The number of hydrogen-bond acceptors (Lipinski definition) is 2. The maximum atomic E-state index is 14.5. The molecular formula is C17H24FN3. The number of aryl methyl sites for hydroxylation is 1. The zero-order valence-corrected chi connectivity index (χ0v) is 13.5. The van der Waals surface area contributed by atoms with Crippen molar-refractivity contribution >= 4 is 0 Å². The Bertz CT molecular complexity index is 614. The maximum absolute atomic E-state index is 14.5. The summed E-state index contributed by atoms with van der Waals surface area (Å²) in [5.74, 6) is 0.371. The predicted octanol–water partition coefficient (Wildman–Crippen LogP) is 4.43. The molecule has 3 nitrogen and oxygen atoms in total. The molecule has 2 rings (SSSR count). The van der Waals surface area contributed by atoms with Crippen LogP contribution in [0.1, 0.15) is 51.8 Å². The van der Waals surface area contributed by atoms with Crippen molar-refractivity contribution in [3.63, 3.8) is 0 Å². The number of aromatic nitrogens is 3. The van der Waals surface area contributed by atoms with E-state index in [4.69, 9.17) is 0 Å². The van der Waals surface area contributed by atoms with Gasteiger partial charge in [0.2, 0.25) is 5.95 Å². The van der Waals surface area contributed by atoms with Crippen LogP contribution in [-0.2, 0) is 13.0 Å². The van der Waals surface area contributed by atoms with E-state index in [1.807, 2.05) is 29.9 Å². The van der Waals surface area contributed by atoms with Crippen molar-refractivity contribution in [2.75, 3.05) is 0 Å². The molecule has 0 aliphatic heterocycles. The molecule has 0 spiro atoms. The lowest BCUT2D eigenvalue weighted by Gasteiger charge is -2.12. The van der Waals surface area contributed by atoms with Gasteiger partial charge in [-0.25, -0.2) is 4.98 Å². The topological polar surface area (TPSA) is 30.7 Å². The predicted molar refractivity (Wildman–Crippen MR) is 83.7 cm³/mol. The van der Waals surface area contributed by atoms with Crippen molar-refractivity contribution in [3.8, 4) is 11.3 Å². The van der Waals surface area contributed by atoms with Crippen LogP contribution in [0, 0.1) is 11.9 Å². The SMILES string of the molecule is CCn1ncc(C(C)C)c1-c1ccc(CC(C)C)nc1F. The van der Waals surface area contributed by atoms with E-state index in [1.54, 1.807) is 0 Å². The lowest BCUT2D eigenvalue weighted by atomic mass is 9.99. The van der Waals surface area contributed by atoms with Crippen molar-refractivity contribution in [1.29, 1.82) is 0 Å². The number of hydrogen-bond donors (Lipinski definition) is 0. The lowest BCUT2D eigenvalue weighted by molar-refractivity contribution is 0.561. The first-order chi connectivity index (χ1) is 9.93. The molecule has 21 heavy (non-hydrogen) atoms. The largest absolute Gasteiger partial charge is 0.265 e. The Balaban J connectivity index is 2.49. The average Bonchev–Trinajstić information content (AvgIpc) is 2.81. The Morgan fingerprint density at radius 2 is 1.90 bits per heavy atom. The number of pyridine rings is 1. The van der Waals surface area contributed by atoms with Gasteiger partial charge >= 0.3 is 0 Å². The summed E-state index contributed by atoms with van der Waals surface area (Å²) in [5.41, 5.74) is 3.27. The molecule has 0 saturated carbocycles. The second kappa shape index (κ2) is 6.37. The summed E-state index contributed by atoms with van der Waals surface area (Å²) in [7, 11) is 0. The summed E-state index contributed by atoms with van der Waals surface area (Å²) in [5, 5.41) is 4.37. The van der Waals surface area contributed by atoms with Gasteiger partial charge in [0.05, 0.1) is 17.5 Å². The van der Waals surface area contributed by atoms with Crippen LogP contribution in [0.15, 0.2) is 18.3 Å². The van der Waals surface area contributed by atoms with E-state index in [2.05, 4.69) is 37.8 Å². The fourth-order valence-corrected chi connectivity index (χ4v) is 2.54. The molecule has 0 unspecified atom stereocenters. The fraction of sp³-hybridized carbons (Fsp3) is 0.529. The maximum Gasteiger partial charge on any atom is 0.222 e. The van der Waals surface area contributed by atoms with Crippen molar-refractivity contribution in [1.82, 2.24) is 14.8 Å². The molecule has 0 saturated heterocycles. The van der Waals surface area contributed by atoms with E-state index in [0.29, 0.717) is 17.4 Å². The first-order valence-corrected chi connectivity index (χ1v) is 7.65. The van der Waals surface area contributed by atoms with Gasteiger partial charge < -0.3 is 0 Å². The third kappa shape index (κ3) is 3.31. The standard InChI is InChI=1S/C17H24FN3/c1-6-21-16(15(10-19-21)12(4)5)14-8-7-13(9-11(2)3)20-17(14)18/h7-8,10-12H,6,9H2,1-5H3. The Labute approximate surface area is 126 Å². The van der Waals surface area contributed by atoms with Gasteiger partial charge in [-0.1, -0.05) is 27.7 Å². The summed E-state index contributed by atoms with van der Waals surface area (Å²) in [4.78, 5) is 4.14. The molecule has 2 aromatic rings. The normalized spacial score (nSPS) is 11.6. The Morgan fingerprint density at radius 3 is 2.43 bits per heavy atom. The van der Waals surface area contributed by atoms with Gasteiger partial charge in [0.1, 0.15) is 0 Å². The van der Waals surface area contributed by atoms with E-state index >= 15 is 0 Å². The van der Waals surface area contributed by atoms with Gasteiger partial charge in [-0.05, 0) is 37.3 Å². The average molecular weight is 289 g/mol. The molecule has 0 N–H and O–H groups in total. The minimum Gasteiger partial charge on any atom is -0.265 e. The summed E-state index contributed by atoms with van der Waals surface area (Å²) < 4.78 is 16.3. The highest BCUT2D eigenvalue weighted by Gasteiger charge is 2.19. The minimum atomic E-state index is -0.398. The van der Waals surface area contributed by atoms with E-state index in [9.17, 15) is 4.39 Å². The molecule has 0 amide bonds. The van der Waals surface area contributed by atoms with Crippen molar-refractivity contribution in [2.45, 2.75) is 53.5 Å². The molecule has 0 fully saturated rings. The molecule has 2 aromatic heterocycles. The number of nitrogens with zero attached hydrogens (tertiary/aromatic N) is 3. The van der Waals surface area contributed by atoms with Gasteiger partial charge in [-0.3, -0.25) is 4.68 Å². The summed E-state index contributed by atoms with van der Waals surface area (Å²) in [6.45, 7) is 11.1. The Kier molecular flexibility index (Phi) is 4.76. The van der Waals surface area contributed by atoms with Crippen LogP contribution in [0.3, 0.4) is 0 Å². The quantitative estimate of drug-likeness (QED) is 0.763. The monoisotopic (exact) mass is 289 g/mol. The molecule has 0 aliphatic carbocycles. The second-order valence-electron chi connectivity index (χ2n) is 6.16. The van der Waals surface area contributed by atoms with Gasteiger partial charge in [0, 0.05) is 17.8 Å². The lowest BCUT2D eigenvalue weighted by Crippen LogP contribution is -2.05. The molecule has 114 valence electrons. The van der Waals surface area contributed by atoms with Crippen molar-refractivity contribution < 1.29 is 4.39 Å². The van der Waals surface area contributed by atoms with E-state index in [1.165, 1.54) is 0 Å². The van der Waals surface area contributed by atoms with Crippen LogP contribution >= 0.6 is 0 Å². The van der Waals surface area contributed by atoms with Gasteiger partial charge in [0.25, 0.3) is 0 Å². The molecule has 0 atom stereocenters. The van der Waals surface area contributed by atoms with Crippen LogP contribution < -0.4 is 0 Å². The second-order valence-corrected chi connectivity index (χ2v) is 6.16.